The number of rotatable bonds is 4. The fourth-order valence-electron chi connectivity index (χ4n) is 2.56. The monoisotopic (exact) mass is 364 g/mol. The molecule has 0 aromatic heterocycles. The number of nitrogens with zero attached hydrogens (tertiary/aromatic N) is 1. The number of hydrogen-bond acceptors (Lipinski definition) is 4. The van der Waals surface area contributed by atoms with Crippen molar-refractivity contribution in [1.82, 2.24) is 10.2 Å². The molecule has 0 aromatic carbocycles. The molecule has 0 aliphatic carbocycles. The van der Waals surface area contributed by atoms with Gasteiger partial charge in [0.05, 0.1) is 13.7 Å². The first kappa shape index (κ1) is 20.5. The van der Waals surface area contributed by atoms with Crippen molar-refractivity contribution in [2.75, 3.05) is 26.7 Å². The van der Waals surface area contributed by atoms with Crippen LogP contribution in [-0.4, -0.2) is 61.9 Å². The number of likely N-dealkylation sites (tertiary alicyclic amines) is 1. The maximum Gasteiger partial charge on any atom is 0.403 e. The predicted molar refractivity (Wildman–Crippen MR) is 69.8 cm³/mol. The number of piperidine rings is 1. The summed E-state index contributed by atoms with van der Waals surface area (Å²) in [5, 5.41) is 1.94. The van der Waals surface area contributed by atoms with Crippen LogP contribution in [0.25, 0.3) is 0 Å². The zero-order valence-corrected chi connectivity index (χ0v) is 13.1. The number of methoxy groups -OCH3 is 1. The molecule has 1 fully saturated rings. The first-order valence-electron chi connectivity index (χ1n) is 7.07. The van der Waals surface area contributed by atoms with Gasteiger partial charge in [-0.15, -0.1) is 0 Å². The van der Waals surface area contributed by atoms with Crippen LogP contribution < -0.4 is 5.32 Å². The second-order valence-electron chi connectivity index (χ2n) is 5.69. The molecule has 24 heavy (non-hydrogen) atoms. The molecule has 0 unspecified atom stereocenters. The summed E-state index contributed by atoms with van der Waals surface area (Å²) in [4.78, 5) is 24.2. The van der Waals surface area contributed by atoms with Crippen LogP contribution in [0.4, 0.5) is 26.3 Å². The molecule has 1 rings (SSSR count). The summed E-state index contributed by atoms with van der Waals surface area (Å²) in [6.45, 7) is -1.23. The number of carbonyl (C=O) groups excluding carboxylic acids is 2. The molecule has 1 amide bonds. The molecule has 5 nitrogen and oxygen atoms in total. The van der Waals surface area contributed by atoms with Crippen LogP contribution >= 0.6 is 0 Å². The van der Waals surface area contributed by atoms with E-state index < -0.39 is 68.2 Å². The summed E-state index contributed by atoms with van der Waals surface area (Å²) in [6.07, 6.45) is -11.1. The normalized spacial score (nSPS) is 20.3. The summed E-state index contributed by atoms with van der Waals surface area (Å²) in [6, 6.07) is -1.30. The number of carbonyl (C=O) groups is 2. The van der Waals surface area contributed by atoms with Gasteiger partial charge in [-0.2, -0.15) is 26.3 Å². The number of nitrogens with one attached hydrogen (secondary N) is 1. The van der Waals surface area contributed by atoms with Crippen LogP contribution in [0.5, 0.6) is 0 Å². The average molecular weight is 364 g/mol. The topological polar surface area (TPSA) is 58.6 Å². The number of halogens is 6. The van der Waals surface area contributed by atoms with Gasteiger partial charge >= 0.3 is 18.3 Å². The van der Waals surface area contributed by atoms with Crippen molar-refractivity contribution in [3.8, 4) is 0 Å². The Morgan fingerprint density at radius 3 is 2.04 bits per heavy atom. The van der Waals surface area contributed by atoms with Gasteiger partial charge < -0.3 is 10.1 Å². The van der Waals surface area contributed by atoms with E-state index in [-0.39, 0.29) is 0 Å². The zero-order valence-electron chi connectivity index (χ0n) is 13.1. The number of esters is 1. The van der Waals surface area contributed by atoms with Crippen LogP contribution in [0.3, 0.4) is 0 Å². The van der Waals surface area contributed by atoms with Gasteiger partial charge in [-0.1, -0.05) is 0 Å². The summed E-state index contributed by atoms with van der Waals surface area (Å²) in [5.41, 5.74) is -2.82. The van der Waals surface area contributed by atoms with Gasteiger partial charge in [0.1, 0.15) is 11.5 Å². The van der Waals surface area contributed by atoms with Crippen LogP contribution in [0.15, 0.2) is 0 Å². The Bertz CT molecular complexity index is 469. The van der Waals surface area contributed by atoms with Gasteiger partial charge in [0.2, 0.25) is 5.91 Å². The van der Waals surface area contributed by atoms with Gasteiger partial charge in [0.15, 0.2) is 0 Å². The second kappa shape index (κ2) is 7.16. The molecule has 0 spiro atoms. The highest BCUT2D eigenvalue weighted by Gasteiger charge is 2.61. The van der Waals surface area contributed by atoms with Crippen molar-refractivity contribution in [1.29, 1.82) is 0 Å². The lowest BCUT2D eigenvalue weighted by molar-refractivity contribution is -0.236. The lowest BCUT2D eigenvalue weighted by atomic mass is 9.76. The minimum atomic E-state index is -4.95. The van der Waals surface area contributed by atoms with E-state index in [1.807, 2.05) is 5.32 Å². The number of hydrogen-bond donors (Lipinski definition) is 1. The lowest BCUT2D eigenvalue weighted by Gasteiger charge is -2.41. The van der Waals surface area contributed by atoms with Gasteiger partial charge in [-0.25, -0.2) is 4.79 Å². The zero-order chi connectivity index (χ0) is 18.8. The van der Waals surface area contributed by atoms with Gasteiger partial charge in [-0.3, -0.25) is 9.69 Å². The molecule has 1 heterocycles. The van der Waals surface area contributed by atoms with Gasteiger partial charge in [0, 0.05) is 0 Å². The smallest absolute Gasteiger partial charge is 0.403 e. The molecule has 1 aliphatic heterocycles. The Morgan fingerprint density at radius 2 is 1.67 bits per heavy atom. The first-order chi connectivity index (χ1) is 10.8. The molecule has 0 radical (unpaired) electrons. The first-order valence-corrected chi connectivity index (χ1v) is 7.07. The molecule has 0 aromatic rings. The highest BCUT2D eigenvalue weighted by molar-refractivity contribution is 5.88. The van der Waals surface area contributed by atoms with Crippen LogP contribution in [0, 0.1) is 5.41 Å². The minimum absolute atomic E-state index is 0.529. The Balaban J connectivity index is 2.87. The maximum atomic E-state index is 13.4. The van der Waals surface area contributed by atoms with E-state index in [0.717, 1.165) is 18.9 Å². The summed E-state index contributed by atoms with van der Waals surface area (Å²) >= 11 is 0. The molecule has 1 atom stereocenters. The van der Waals surface area contributed by atoms with Crippen LogP contribution in [0.2, 0.25) is 0 Å². The van der Waals surface area contributed by atoms with Crippen molar-refractivity contribution in [3.05, 3.63) is 0 Å². The van der Waals surface area contributed by atoms with E-state index in [2.05, 4.69) is 4.74 Å². The van der Waals surface area contributed by atoms with E-state index >= 15 is 0 Å². The Labute approximate surface area is 134 Å². The molecule has 1 saturated heterocycles. The maximum absolute atomic E-state index is 13.4. The van der Waals surface area contributed by atoms with E-state index in [0.29, 0.717) is 0 Å². The SMILES string of the molecule is COC(=O)[C@H](C)NC(=O)C1(C(F)(F)F)CCN(CC(F)(F)F)CC1. The van der Waals surface area contributed by atoms with Crippen molar-refractivity contribution in [3.63, 3.8) is 0 Å². The third kappa shape index (κ3) is 4.74. The number of alkyl halides is 6. The van der Waals surface area contributed by atoms with Crippen molar-refractivity contribution < 1.29 is 40.7 Å². The Morgan fingerprint density at radius 1 is 1.17 bits per heavy atom. The summed E-state index contributed by atoms with van der Waals surface area (Å²) < 4.78 is 81.6. The van der Waals surface area contributed by atoms with Crippen molar-refractivity contribution >= 4 is 11.9 Å². The lowest BCUT2D eigenvalue weighted by Crippen LogP contribution is -2.59. The minimum Gasteiger partial charge on any atom is -0.467 e. The number of ether oxygens (including phenoxy) is 1. The van der Waals surface area contributed by atoms with E-state index in [1.54, 1.807) is 0 Å². The van der Waals surface area contributed by atoms with Crippen molar-refractivity contribution in [2.45, 2.75) is 38.2 Å². The highest BCUT2D eigenvalue weighted by Crippen LogP contribution is 2.46. The molecule has 0 bridgehead atoms. The predicted octanol–water partition coefficient (Wildman–Crippen LogP) is 1.87. The van der Waals surface area contributed by atoms with Crippen LogP contribution in [0.1, 0.15) is 19.8 Å². The largest absolute Gasteiger partial charge is 0.467 e. The highest BCUT2D eigenvalue weighted by atomic mass is 19.4. The Hall–Kier alpha value is -1.52. The van der Waals surface area contributed by atoms with Gasteiger partial charge in [0.25, 0.3) is 0 Å². The van der Waals surface area contributed by atoms with E-state index in [1.165, 1.54) is 0 Å². The molecule has 11 heteroatoms. The third-order valence-electron chi connectivity index (χ3n) is 3.99. The van der Waals surface area contributed by atoms with E-state index in [4.69, 9.17) is 0 Å². The quantitative estimate of drug-likeness (QED) is 0.611. The molecule has 1 aliphatic rings. The molecule has 0 saturated carbocycles. The fourth-order valence-corrected chi connectivity index (χ4v) is 2.56. The summed E-state index contributed by atoms with van der Waals surface area (Å²) in [5.74, 6) is -2.35. The average Bonchev–Trinajstić information content (AvgIpc) is 2.44. The molecule has 1 N–H and O–H groups in total. The van der Waals surface area contributed by atoms with Gasteiger partial charge in [-0.05, 0) is 32.9 Å². The Kier molecular flexibility index (Phi) is 6.12. The number of amides is 1. The summed E-state index contributed by atoms with van der Waals surface area (Å²) in [7, 11) is 1.01. The second-order valence-corrected chi connectivity index (χ2v) is 5.69. The van der Waals surface area contributed by atoms with Crippen LogP contribution in [-0.2, 0) is 14.3 Å². The third-order valence-corrected chi connectivity index (χ3v) is 3.99. The molecular weight excluding hydrogens is 346 g/mol. The van der Waals surface area contributed by atoms with Crippen molar-refractivity contribution in [2.24, 2.45) is 5.41 Å². The fraction of sp³-hybridized carbons (Fsp3) is 0.846. The molecular formula is C13H18F6N2O3. The standard InChI is InChI=1S/C13H18F6N2O3/c1-8(9(22)24-2)20-10(23)11(13(17,18)19)3-5-21(6-4-11)7-12(14,15)16/h8H,3-7H2,1-2H3,(H,20,23)/t8-/m0/s1. The molecule has 140 valence electrons. The van der Waals surface area contributed by atoms with E-state index in [9.17, 15) is 35.9 Å².